The Morgan fingerprint density at radius 2 is 2.00 bits per heavy atom. The highest BCUT2D eigenvalue weighted by atomic mass is 16.3. The number of nitrogens with two attached hydrogens (primary N) is 1. The molecule has 1 saturated carbocycles. The third-order valence-corrected chi connectivity index (χ3v) is 6.34. The SMILES string of the molecule is CCC1CCCC(O)(C2(CN)CCc3ccccc32)CC1. The highest BCUT2D eigenvalue weighted by molar-refractivity contribution is 5.42. The fraction of sp³-hybridized carbons (Fsp3) is 0.684. The van der Waals surface area contributed by atoms with E-state index in [9.17, 15) is 5.11 Å². The Bertz CT molecular complexity index is 500. The zero-order chi connectivity index (χ0) is 14.9. The maximum Gasteiger partial charge on any atom is 0.0756 e. The van der Waals surface area contributed by atoms with Crippen LogP contribution in [0.3, 0.4) is 0 Å². The minimum atomic E-state index is -0.613. The number of benzene rings is 1. The van der Waals surface area contributed by atoms with Crippen LogP contribution in [0.5, 0.6) is 0 Å². The third-order valence-electron chi connectivity index (χ3n) is 6.34. The first-order chi connectivity index (χ1) is 10.1. The van der Waals surface area contributed by atoms with Crippen molar-refractivity contribution < 1.29 is 5.11 Å². The standard InChI is InChI=1S/C19H29NO/c1-2-15-6-5-11-19(21,13-9-15)18(14-20)12-10-16-7-3-4-8-17(16)18/h3-4,7-8,15,21H,2,5-6,9-14,20H2,1H3. The Labute approximate surface area is 128 Å². The van der Waals surface area contributed by atoms with Gasteiger partial charge in [0, 0.05) is 12.0 Å². The van der Waals surface area contributed by atoms with Gasteiger partial charge in [-0.05, 0) is 49.1 Å². The molecule has 116 valence electrons. The van der Waals surface area contributed by atoms with Crippen LogP contribution in [0.2, 0.25) is 0 Å². The lowest BCUT2D eigenvalue weighted by Crippen LogP contribution is -2.54. The minimum Gasteiger partial charge on any atom is -0.389 e. The largest absolute Gasteiger partial charge is 0.389 e. The Morgan fingerprint density at radius 1 is 1.19 bits per heavy atom. The van der Waals surface area contributed by atoms with Crippen molar-refractivity contribution in [2.45, 2.75) is 69.3 Å². The zero-order valence-corrected chi connectivity index (χ0v) is 13.3. The maximum absolute atomic E-state index is 11.6. The summed E-state index contributed by atoms with van der Waals surface area (Å²) in [7, 11) is 0. The van der Waals surface area contributed by atoms with E-state index in [0.29, 0.717) is 6.54 Å². The van der Waals surface area contributed by atoms with Crippen molar-refractivity contribution in [2.75, 3.05) is 6.54 Å². The first-order valence-electron chi connectivity index (χ1n) is 8.66. The summed E-state index contributed by atoms with van der Waals surface area (Å²) in [4.78, 5) is 0. The van der Waals surface area contributed by atoms with Gasteiger partial charge in [-0.15, -0.1) is 0 Å². The average molecular weight is 287 g/mol. The van der Waals surface area contributed by atoms with E-state index in [1.807, 2.05) is 0 Å². The van der Waals surface area contributed by atoms with Crippen molar-refractivity contribution in [3.63, 3.8) is 0 Å². The Kier molecular flexibility index (Phi) is 4.11. The summed E-state index contributed by atoms with van der Waals surface area (Å²) in [5.41, 5.74) is 8.15. The van der Waals surface area contributed by atoms with Gasteiger partial charge >= 0.3 is 0 Å². The Hall–Kier alpha value is -0.860. The van der Waals surface area contributed by atoms with Gasteiger partial charge in [-0.25, -0.2) is 0 Å². The van der Waals surface area contributed by atoms with E-state index >= 15 is 0 Å². The molecule has 0 amide bonds. The molecule has 0 radical (unpaired) electrons. The van der Waals surface area contributed by atoms with Crippen LogP contribution < -0.4 is 5.73 Å². The van der Waals surface area contributed by atoms with E-state index in [1.54, 1.807) is 0 Å². The predicted molar refractivity (Wildman–Crippen MR) is 87.3 cm³/mol. The third kappa shape index (κ3) is 2.33. The number of aliphatic hydroxyl groups is 1. The number of fused-ring (bicyclic) bond motifs is 1. The van der Waals surface area contributed by atoms with E-state index in [-0.39, 0.29) is 5.41 Å². The summed E-state index contributed by atoms with van der Waals surface area (Å²) in [6.07, 6.45) is 8.69. The average Bonchev–Trinajstić information content (AvgIpc) is 2.80. The molecule has 1 fully saturated rings. The number of rotatable bonds is 3. The van der Waals surface area contributed by atoms with Gasteiger partial charge in [0.15, 0.2) is 0 Å². The van der Waals surface area contributed by atoms with Crippen molar-refractivity contribution in [3.05, 3.63) is 35.4 Å². The molecule has 3 atom stereocenters. The molecule has 0 aromatic heterocycles. The molecule has 2 aliphatic rings. The zero-order valence-electron chi connectivity index (χ0n) is 13.3. The van der Waals surface area contributed by atoms with Crippen LogP contribution in [0.1, 0.15) is 63.0 Å². The van der Waals surface area contributed by atoms with Crippen LogP contribution in [-0.4, -0.2) is 17.3 Å². The normalized spacial score (nSPS) is 36.2. The van der Waals surface area contributed by atoms with Crippen LogP contribution in [0.25, 0.3) is 0 Å². The first-order valence-corrected chi connectivity index (χ1v) is 8.66. The van der Waals surface area contributed by atoms with E-state index in [0.717, 1.165) is 44.4 Å². The fourth-order valence-corrected chi connectivity index (χ4v) is 4.86. The second kappa shape index (κ2) is 5.73. The minimum absolute atomic E-state index is 0.216. The quantitative estimate of drug-likeness (QED) is 0.835. The van der Waals surface area contributed by atoms with E-state index in [4.69, 9.17) is 5.73 Å². The fourth-order valence-electron chi connectivity index (χ4n) is 4.86. The molecule has 21 heavy (non-hydrogen) atoms. The number of hydrogen-bond donors (Lipinski definition) is 2. The predicted octanol–water partition coefficient (Wildman–Crippen LogP) is 3.55. The monoisotopic (exact) mass is 287 g/mol. The van der Waals surface area contributed by atoms with Gasteiger partial charge in [-0.1, -0.05) is 50.5 Å². The van der Waals surface area contributed by atoms with Crippen LogP contribution in [-0.2, 0) is 11.8 Å². The molecular weight excluding hydrogens is 258 g/mol. The summed E-state index contributed by atoms with van der Waals surface area (Å²) in [6, 6.07) is 8.62. The summed E-state index contributed by atoms with van der Waals surface area (Å²) >= 11 is 0. The lowest BCUT2D eigenvalue weighted by Gasteiger charge is -2.45. The highest BCUT2D eigenvalue weighted by Gasteiger charge is 2.53. The lowest BCUT2D eigenvalue weighted by atomic mass is 9.64. The summed E-state index contributed by atoms with van der Waals surface area (Å²) in [5, 5.41) is 11.6. The lowest BCUT2D eigenvalue weighted by molar-refractivity contribution is -0.0506. The number of hydrogen-bond acceptors (Lipinski definition) is 2. The van der Waals surface area contributed by atoms with E-state index < -0.39 is 5.60 Å². The highest BCUT2D eigenvalue weighted by Crippen LogP contribution is 2.51. The van der Waals surface area contributed by atoms with Gasteiger partial charge in [-0.2, -0.15) is 0 Å². The van der Waals surface area contributed by atoms with Crippen molar-refractivity contribution in [3.8, 4) is 0 Å². The topological polar surface area (TPSA) is 46.2 Å². The number of aryl methyl sites for hydroxylation is 1. The molecule has 3 rings (SSSR count). The first kappa shape index (κ1) is 15.1. The van der Waals surface area contributed by atoms with E-state index in [2.05, 4.69) is 31.2 Å². The van der Waals surface area contributed by atoms with Crippen molar-refractivity contribution >= 4 is 0 Å². The molecule has 2 heteroatoms. The van der Waals surface area contributed by atoms with Gasteiger partial charge in [0.25, 0.3) is 0 Å². The van der Waals surface area contributed by atoms with Crippen LogP contribution in [0.15, 0.2) is 24.3 Å². The molecule has 2 nitrogen and oxygen atoms in total. The molecule has 1 aromatic carbocycles. The molecule has 3 unspecified atom stereocenters. The Morgan fingerprint density at radius 3 is 2.76 bits per heavy atom. The van der Waals surface area contributed by atoms with Gasteiger partial charge in [0.05, 0.1) is 5.60 Å². The van der Waals surface area contributed by atoms with Gasteiger partial charge < -0.3 is 10.8 Å². The maximum atomic E-state index is 11.6. The molecule has 0 saturated heterocycles. The summed E-state index contributed by atoms with van der Waals surface area (Å²) in [5.74, 6) is 0.783. The Balaban J connectivity index is 1.96. The molecule has 1 aromatic rings. The van der Waals surface area contributed by atoms with Crippen molar-refractivity contribution in [2.24, 2.45) is 11.7 Å². The molecule has 0 aliphatic heterocycles. The molecule has 2 aliphatic carbocycles. The second-order valence-corrected chi connectivity index (χ2v) is 7.18. The van der Waals surface area contributed by atoms with Crippen LogP contribution >= 0.6 is 0 Å². The summed E-state index contributed by atoms with van der Waals surface area (Å²) < 4.78 is 0. The molecule has 0 heterocycles. The van der Waals surface area contributed by atoms with Crippen molar-refractivity contribution in [1.29, 1.82) is 0 Å². The molecule has 3 N–H and O–H groups in total. The van der Waals surface area contributed by atoms with Gasteiger partial charge in [0.2, 0.25) is 0 Å². The second-order valence-electron chi connectivity index (χ2n) is 7.18. The van der Waals surface area contributed by atoms with Gasteiger partial charge in [0.1, 0.15) is 0 Å². The smallest absolute Gasteiger partial charge is 0.0756 e. The van der Waals surface area contributed by atoms with Gasteiger partial charge in [-0.3, -0.25) is 0 Å². The molecule has 0 bridgehead atoms. The van der Waals surface area contributed by atoms with E-state index in [1.165, 1.54) is 24.0 Å². The van der Waals surface area contributed by atoms with Crippen LogP contribution in [0, 0.1) is 5.92 Å². The van der Waals surface area contributed by atoms with Crippen molar-refractivity contribution in [1.82, 2.24) is 0 Å². The molecule has 0 spiro atoms. The summed E-state index contributed by atoms with van der Waals surface area (Å²) in [6.45, 7) is 2.84. The molecular formula is C19H29NO. The van der Waals surface area contributed by atoms with Crippen LogP contribution in [0.4, 0.5) is 0 Å².